The molecule has 25 heavy (non-hydrogen) atoms. The highest BCUT2D eigenvalue weighted by Gasteiger charge is 2.27. The third kappa shape index (κ3) is 3.40. The molecule has 1 aromatic carbocycles. The minimum atomic E-state index is 0.143. The van der Waals surface area contributed by atoms with E-state index in [2.05, 4.69) is 9.88 Å². The maximum absolute atomic E-state index is 13.1. The second-order valence-electron chi connectivity index (χ2n) is 7.43. The van der Waals surface area contributed by atoms with E-state index in [1.165, 1.54) is 25.7 Å². The molecule has 2 aliphatic rings. The zero-order valence-electron chi connectivity index (χ0n) is 15.1. The Morgan fingerprint density at radius 3 is 2.68 bits per heavy atom. The van der Waals surface area contributed by atoms with Crippen LogP contribution in [-0.4, -0.2) is 52.9 Å². The summed E-state index contributed by atoms with van der Waals surface area (Å²) in [7, 11) is 0. The summed E-state index contributed by atoms with van der Waals surface area (Å²) in [5.41, 5.74) is 2.55. The van der Waals surface area contributed by atoms with Gasteiger partial charge in [-0.25, -0.2) is 0 Å². The van der Waals surface area contributed by atoms with Crippen molar-refractivity contribution in [1.82, 2.24) is 14.8 Å². The number of aryl methyl sites for hydroxylation is 1. The number of pyridine rings is 1. The molecule has 1 saturated heterocycles. The summed E-state index contributed by atoms with van der Waals surface area (Å²) in [5, 5.41) is 1.04. The number of hydrogen-bond donors (Lipinski definition) is 0. The van der Waals surface area contributed by atoms with E-state index in [4.69, 9.17) is 0 Å². The number of para-hydroxylation sites is 1. The number of aromatic nitrogens is 1. The average molecular weight is 337 g/mol. The van der Waals surface area contributed by atoms with E-state index >= 15 is 0 Å². The number of amides is 1. The van der Waals surface area contributed by atoms with Gasteiger partial charge in [-0.3, -0.25) is 14.7 Å². The highest BCUT2D eigenvalue weighted by Crippen LogP contribution is 2.25. The van der Waals surface area contributed by atoms with E-state index in [0.717, 1.165) is 60.8 Å². The Kier molecular flexibility index (Phi) is 4.71. The second kappa shape index (κ2) is 7.12. The van der Waals surface area contributed by atoms with Crippen molar-refractivity contribution in [3.8, 4) is 0 Å². The number of benzene rings is 1. The van der Waals surface area contributed by atoms with Crippen LogP contribution >= 0.6 is 0 Å². The van der Waals surface area contributed by atoms with Gasteiger partial charge in [-0.1, -0.05) is 31.0 Å². The molecule has 4 nitrogen and oxygen atoms in total. The van der Waals surface area contributed by atoms with E-state index in [-0.39, 0.29) is 5.91 Å². The van der Waals surface area contributed by atoms with Crippen LogP contribution in [0.4, 0.5) is 0 Å². The summed E-state index contributed by atoms with van der Waals surface area (Å²) in [6, 6.07) is 10.8. The van der Waals surface area contributed by atoms with E-state index in [9.17, 15) is 4.79 Å². The smallest absolute Gasteiger partial charge is 0.255 e. The predicted molar refractivity (Wildman–Crippen MR) is 101 cm³/mol. The van der Waals surface area contributed by atoms with Crippen molar-refractivity contribution in [2.75, 3.05) is 26.2 Å². The van der Waals surface area contributed by atoms with Crippen LogP contribution in [0, 0.1) is 6.92 Å². The summed E-state index contributed by atoms with van der Waals surface area (Å²) in [6.45, 7) is 5.78. The van der Waals surface area contributed by atoms with Crippen molar-refractivity contribution in [3.63, 3.8) is 0 Å². The fourth-order valence-electron chi connectivity index (χ4n) is 4.37. The summed E-state index contributed by atoms with van der Waals surface area (Å²) in [4.78, 5) is 22.4. The molecule has 0 atom stereocenters. The van der Waals surface area contributed by atoms with Crippen LogP contribution in [0.2, 0.25) is 0 Å². The molecule has 0 bridgehead atoms. The van der Waals surface area contributed by atoms with Gasteiger partial charge < -0.3 is 4.90 Å². The summed E-state index contributed by atoms with van der Waals surface area (Å²) in [5.74, 6) is 0.143. The molecule has 0 spiro atoms. The Morgan fingerprint density at radius 1 is 1.04 bits per heavy atom. The molecule has 0 radical (unpaired) electrons. The molecular formula is C21H27N3O. The number of nitrogens with zero attached hydrogens (tertiary/aromatic N) is 3. The van der Waals surface area contributed by atoms with Crippen LogP contribution in [0.15, 0.2) is 30.3 Å². The molecule has 4 rings (SSSR count). The van der Waals surface area contributed by atoms with Gasteiger partial charge in [0.2, 0.25) is 0 Å². The lowest BCUT2D eigenvalue weighted by Gasteiger charge is -2.27. The molecule has 1 aliphatic heterocycles. The van der Waals surface area contributed by atoms with Crippen LogP contribution in [0.5, 0.6) is 0 Å². The van der Waals surface area contributed by atoms with Crippen LogP contribution in [0.25, 0.3) is 10.9 Å². The molecule has 1 saturated carbocycles. The van der Waals surface area contributed by atoms with Gasteiger partial charge in [0.05, 0.1) is 16.8 Å². The molecule has 1 aliphatic carbocycles. The van der Waals surface area contributed by atoms with Gasteiger partial charge in [0.15, 0.2) is 0 Å². The number of carbonyl (C=O) groups excluding carboxylic acids is 1. The Balaban J connectivity index is 1.51. The molecule has 132 valence electrons. The van der Waals surface area contributed by atoms with Gasteiger partial charge in [0.25, 0.3) is 5.91 Å². The minimum Gasteiger partial charge on any atom is -0.337 e. The molecule has 2 heterocycles. The average Bonchev–Trinajstić information content (AvgIpc) is 3.05. The number of hydrogen-bond acceptors (Lipinski definition) is 3. The largest absolute Gasteiger partial charge is 0.337 e. The molecule has 2 fully saturated rings. The quantitative estimate of drug-likeness (QED) is 0.839. The molecule has 0 N–H and O–H groups in total. The first-order chi connectivity index (χ1) is 12.2. The van der Waals surface area contributed by atoms with Crippen molar-refractivity contribution in [1.29, 1.82) is 0 Å². The molecule has 1 amide bonds. The van der Waals surface area contributed by atoms with Crippen molar-refractivity contribution in [2.24, 2.45) is 0 Å². The maximum Gasteiger partial charge on any atom is 0.255 e. The standard InChI is InChI=1S/C21H27N3O/c1-16-19(15-17-7-2-5-10-20(17)22-16)21(25)24-12-6-11-23(13-14-24)18-8-3-4-9-18/h2,5,7,10,15,18H,3-4,6,8-9,11-14H2,1H3. The lowest BCUT2D eigenvalue weighted by molar-refractivity contribution is 0.0757. The van der Waals surface area contributed by atoms with Crippen molar-refractivity contribution >= 4 is 16.8 Å². The van der Waals surface area contributed by atoms with Crippen LogP contribution in [0.3, 0.4) is 0 Å². The first-order valence-electron chi connectivity index (χ1n) is 9.62. The number of fused-ring (bicyclic) bond motifs is 1. The van der Waals surface area contributed by atoms with Gasteiger partial charge in [-0.15, -0.1) is 0 Å². The zero-order chi connectivity index (χ0) is 17.2. The highest BCUT2D eigenvalue weighted by atomic mass is 16.2. The van der Waals surface area contributed by atoms with E-state index in [1.807, 2.05) is 42.2 Å². The van der Waals surface area contributed by atoms with Crippen molar-refractivity contribution in [3.05, 3.63) is 41.6 Å². The fraction of sp³-hybridized carbons (Fsp3) is 0.524. The fourth-order valence-corrected chi connectivity index (χ4v) is 4.37. The number of carbonyl (C=O) groups is 1. The van der Waals surface area contributed by atoms with E-state index in [0.29, 0.717) is 0 Å². The van der Waals surface area contributed by atoms with Crippen molar-refractivity contribution in [2.45, 2.75) is 45.1 Å². The van der Waals surface area contributed by atoms with Gasteiger partial charge in [0.1, 0.15) is 0 Å². The Labute approximate surface area is 149 Å². The molecule has 0 unspecified atom stereocenters. The van der Waals surface area contributed by atoms with Crippen LogP contribution in [-0.2, 0) is 0 Å². The summed E-state index contributed by atoms with van der Waals surface area (Å²) < 4.78 is 0. The predicted octanol–water partition coefficient (Wildman–Crippen LogP) is 3.63. The van der Waals surface area contributed by atoms with E-state index in [1.54, 1.807) is 0 Å². The minimum absolute atomic E-state index is 0.143. The van der Waals surface area contributed by atoms with Crippen molar-refractivity contribution < 1.29 is 4.79 Å². The Morgan fingerprint density at radius 2 is 1.84 bits per heavy atom. The highest BCUT2D eigenvalue weighted by molar-refractivity contribution is 5.98. The second-order valence-corrected chi connectivity index (χ2v) is 7.43. The third-order valence-corrected chi connectivity index (χ3v) is 5.80. The molecule has 2 aromatic rings. The first kappa shape index (κ1) is 16.5. The Bertz CT molecular complexity index is 767. The first-order valence-corrected chi connectivity index (χ1v) is 9.62. The van der Waals surface area contributed by atoms with E-state index < -0.39 is 0 Å². The topological polar surface area (TPSA) is 36.4 Å². The number of rotatable bonds is 2. The lowest BCUT2D eigenvalue weighted by Crippen LogP contribution is -2.38. The molecular weight excluding hydrogens is 310 g/mol. The summed E-state index contributed by atoms with van der Waals surface area (Å²) in [6.07, 6.45) is 6.48. The van der Waals surface area contributed by atoms with Crippen LogP contribution < -0.4 is 0 Å². The Hall–Kier alpha value is -1.94. The van der Waals surface area contributed by atoms with Crippen LogP contribution in [0.1, 0.15) is 48.2 Å². The SMILES string of the molecule is Cc1nc2ccccc2cc1C(=O)N1CCCN(C2CCCC2)CC1. The van der Waals surface area contributed by atoms with Gasteiger partial charge >= 0.3 is 0 Å². The monoisotopic (exact) mass is 337 g/mol. The molecule has 4 heteroatoms. The third-order valence-electron chi connectivity index (χ3n) is 5.80. The normalized spacial score (nSPS) is 20.1. The maximum atomic E-state index is 13.1. The van der Waals surface area contributed by atoms with Gasteiger partial charge in [-0.2, -0.15) is 0 Å². The van der Waals surface area contributed by atoms with Gasteiger partial charge in [0, 0.05) is 37.6 Å². The summed E-state index contributed by atoms with van der Waals surface area (Å²) >= 11 is 0. The zero-order valence-corrected chi connectivity index (χ0v) is 15.1. The lowest BCUT2D eigenvalue weighted by atomic mass is 10.1. The molecule has 1 aromatic heterocycles. The van der Waals surface area contributed by atoms with Gasteiger partial charge in [-0.05, 0) is 38.3 Å².